The van der Waals surface area contributed by atoms with Crippen LogP contribution in [0.25, 0.3) is 0 Å². The van der Waals surface area contributed by atoms with Gasteiger partial charge in [-0.3, -0.25) is 0 Å². The van der Waals surface area contributed by atoms with E-state index >= 15 is 0 Å². The molecule has 0 fully saturated rings. The van der Waals surface area contributed by atoms with E-state index in [0.717, 1.165) is 18.7 Å². The summed E-state index contributed by atoms with van der Waals surface area (Å²) in [5.74, 6) is 0. The summed E-state index contributed by atoms with van der Waals surface area (Å²) in [5, 5.41) is 2.68. The third kappa shape index (κ3) is 5.16. The normalized spacial score (nSPS) is 13.7. The first kappa shape index (κ1) is 15.1. The lowest BCUT2D eigenvalue weighted by atomic mass is 10.3. The summed E-state index contributed by atoms with van der Waals surface area (Å²) in [6.45, 7) is 5.47. The van der Waals surface area contributed by atoms with Gasteiger partial charge in [0.2, 0.25) is 10.0 Å². The molecule has 0 radical (unpaired) electrons. The highest BCUT2D eigenvalue weighted by Gasteiger charge is 2.19. The Hall–Kier alpha value is -0.920. The van der Waals surface area contributed by atoms with Crippen molar-refractivity contribution in [1.29, 1.82) is 0 Å². The van der Waals surface area contributed by atoms with E-state index in [0.29, 0.717) is 19.5 Å². The zero-order valence-electron chi connectivity index (χ0n) is 10.9. The number of nitrogens with one attached hydrogen (secondary N) is 3. The molecule has 0 spiro atoms. The predicted octanol–water partition coefficient (Wildman–Crippen LogP) is 0.260. The molecule has 3 N–H and O–H groups in total. The Bertz CT molecular complexity index is 416. The fraction of sp³-hybridized carbons (Fsp3) is 0.727. The number of imidazole rings is 1. The van der Waals surface area contributed by atoms with Gasteiger partial charge in [0, 0.05) is 31.4 Å². The van der Waals surface area contributed by atoms with Crippen LogP contribution in [0.5, 0.6) is 0 Å². The summed E-state index contributed by atoms with van der Waals surface area (Å²) < 4.78 is 26.4. The third-order valence-electron chi connectivity index (χ3n) is 2.64. The van der Waals surface area contributed by atoms with Crippen LogP contribution >= 0.6 is 0 Å². The SMILES string of the molecule is CCCNCC(C)S(=O)(=O)NCCc1cnc[nH]1. The fourth-order valence-corrected chi connectivity index (χ4v) is 2.49. The highest BCUT2D eigenvalue weighted by atomic mass is 32.2. The molecule has 1 unspecified atom stereocenters. The van der Waals surface area contributed by atoms with Gasteiger partial charge in [0.15, 0.2) is 0 Å². The van der Waals surface area contributed by atoms with Crippen LogP contribution in [0.15, 0.2) is 12.5 Å². The van der Waals surface area contributed by atoms with E-state index in [-0.39, 0.29) is 0 Å². The Morgan fingerprint density at radius 3 is 2.83 bits per heavy atom. The molecule has 7 heteroatoms. The minimum absolute atomic E-state index is 0.392. The van der Waals surface area contributed by atoms with Crippen molar-refractivity contribution in [3.63, 3.8) is 0 Å². The van der Waals surface area contributed by atoms with Gasteiger partial charge in [0.05, 0.1) is 11.6 Å². The number of nitrogens with zero attached hydrogens (tertiary/aromatic N) is 1. The lowest BCUT2D eigenvalue weighted by molar-refractivity contribution is 0.557. The maximum Gasteiger partial charge on any atom is 0.215 e. The second-order valence-electron chi connectivity index (χ2n) is 4.28. The summed E-state index contributed by atoms with van der Waals surface area (Å²) in [6, 6.07) is 0. The molecule has 1 aromatic rings. The minimum atomic E-state index is -3.24. The van der Waals surface area contributed by atoms with Gasteiger partial charge in [0.1, 0.15) is 0 Å². The molecule has 0 aliphatic carbocycles. The van der Waals surface area contributed by atoms with Gasteiger partial charge >= 0.3 is 0 Å². The van der Waals surface area contributed by atoms with E-state index in [1.165, 1.54) is 0 Å². The van der Waals surface area contributed by atoms with Crippen LogP contribution in [0, 0.1) is 0 Å². The summed E-state index contributed by atoms with van der Waals surface area (Å²) >= 11 is 0. The van der Waals surface area contributed by atoms with Crippen molar-refractivity contribution < 1.29 is 8.42 Å². The van der Waals surface area contributed by atoms with Crippen molar-refractivity contribution in [1.82, 2.24) is 20.0 Å². The molecule has 0 aliphatic rings. The van der Waals surface area contributed by atoms with Crippen molar-refractivity contribution in [3.8, 4) is 0 Å². The van der Waals surface area contributed by atoms with E-state index in [1.54, 1.807) is 19.4 Å². The summed E-state index contributed by atoms with van der Waals surface area (Å²) in [7, 11) is -3.24. The molecule has 6 nitrogen and oxygen atoms in total. The van der Waals surface area contributed by atoms with Gasteiger partial charge in [-0.1, -0.05) is 6.92 Å². The molecule has 1 aromatic heterocycles. The highest BCUT2D eigenvalue weighted by molar-refractivity contribution is 7.90. The molecular formula is C11H22N4O2S. The first-order valence-electron chi connectivity index (χ1n) is 6.22. The average Bonchev–Trinajstić information content (AvgIpc) is 2.82. The second kappa shape index (κ2) is 7.50. The highest BCUT2D eigenvalue weighted by Crippen LogP contribution is 1.98. The molecule has 104 valence electrons. The van der Waals surface area contributed by atoms with Gasteiger partial charge < -0.3 is 10.3 Å². The molecule has 0 amide bonds. The molecule has 1 heterocycles. The Morgan fingerprint density at radius 1 is 1.44 bits per heavy atom. The molecule has 0 bridgehead atoms. The molecular weight excluding hydrogens is 252 g/mol. The molecule has 18 heavy (non-hydrogen) atoms. The van der Waals surface area contributed by atoms with Crippen LogP contribution in [0.2, 0.25) is 0 Å². The smallest absolute Gasteiger partial charge is 0.215 e. The summed E-state index contributed by atoms with van der Waals surface area (Å²) in [6.07, 6.45) is 4.90. The van der Waals surface area contributed by atoms with Crippen molar-refractivity contribution in [2.24, 2.45) is 0 Å². The molecule has 0 saturated carbocycles. The average molecular weight is 274 g/mol. The van der Waals surface area contributed by atoms with E-state index in [4.69, 9.17) is 0 Å². The monoisotopic (exact) mass is 274 g/mol. The van der Waals surface area contributed by atoms with Crippen LogP contribution in [-0.4, -0.2) is 43.3 Å². The van der Waals surface area contributed by atoms with Gasteiger partial charge in [-0.2, -0.15) is 0 Å². The first-order chi connectivity index (χ1) is 8.56. The Labute approximate surface area is 109 Å². The van der Waals surface area contributed by atoms with Crippen LogP contribution in [-0.2, 0) is 16.4 Å². The maximum absolute atomic E-state index is 11.9. The number of sulfonamides is 1. The first-order valence-corrected chi connectivity index (χ1v) is 7.77. The molecule has 0 aromatic carbocycles. The standard InChI is InChI=1S/C11H22N4O2S/c1-3-5-12-7-10(2)18(16,17)15-6-4-11-8-13-9-14-11/h8-10,12,15H,3-7H2,1-2H3,(H,13,14). The third-order valence-corrected chi connectivity index (χ3v) is 4.47. The van der Waals surface area contributed by atoms with Crippen LogP contribution in [0.4, 0.5) is 0 Å². The second-order valence-corrected chi connectivity index (χ2v) is 6.46. The molecule has 0 saturated heterocycles. The van der Waals surface area contributed by atoms with Gasteiger partial charge in [-0.15, -0.1) is 0 Å². The van der Waals surface area contributed by atoms with Crippen molar-refractivity contribution in [2.45, 2.75) is 31.9 Å². The number of aromatic nitrogens is 2. The number of aromatic amines is 1. The van der Waals surface area contributed by atoms with Gasteiger partial charge in [0.25, 0.3) is 0 Å². The molecule has 1 atom stereocenters. The summed E-state index contributed by atoms with van der Waals surface area (Å²) in [4.78, 5) is 6.82. The van der Waals surface area contributed by atoms with Crippen LogP contribution < -0.4 is 10.0 Å². The van der Waals surface area contributed by atoms with E-state index in [9.17, 15) is 8.42 Å². The van der Waals surface area contributed by atoms with E-state index in [2.05, 4.69) is 26.9 Å². The molecule has 0 aliphatic heterocycles. The Morgan fingerprint density at radius 2 is 2.22 bits per heavy atom. The topological polar surface area (TPSA) is 86.9 Å². The predicted molar refractivity (Wildman–Crippen MR) is 71.8 cm³/mol. The van der Waals surface area contributed by atoms with Gasteiger partial charge in [-0.05, 0) is 19.9 Å². The fourth-order valence-electron chi connectivity index (χ4n) is 1.48. The zero-order valence-corrected chi connectivity index (χ0v) is 11.8. The lowest BCUT2D eigenvalue weighted by Crippen LogP contribution is -2.39. The largest absolute Gasteiger partial charge is 0.348 e. The van der Waals surface area contributed by atoms with Gasteiger partial charge in [-0.25, -0.2) is 18.1 Å². The lowest BCUT2D eigenvalue weighted by Gasteiger charge is -2.14. The summed E-state index contributed by atoms with van der Waals surface area (Å²) in [5.41, 5.74) is 0.925. The zero-order chi connectivity index (χ0) is 13.4. The number of H-pyrrole nitrogens is 1. The van der Waals surface area contributed by atoms with Crippen molar-refractivity contribution >= 4 is 10.0 Å². The quantitative estimate of drug-likeness (QED) is 0.564. The van der Waals surface area contributed by atoms with Crippen molar-refractivity contribution in [3.05, 3.63) is 18.2 Å². The maximum atomic E-state index is 11.9. The minimum Gasteiger partial charge on any atom is -0.348 e. The van der Waals surface area contributed by atoms with Crippen LogP contribution in [0.3, 0.4) is 0 Å². The number of hydrogen-bond acceptors (Lipinski definition) is 4. The number of hydrogen-bond donors (Lipinski definition) is 3. The van der Waals surface area contributed by atoms with Crippen LogP contribution in [0.1, 0.15) is 26.0 Å². The number of rotatable bonds is 9. The molecule has 1 rings (SSSR count). The van der Waals surface area contributed by atoms with E-state index < -0.39 is 15.3 Å². The Balaban J connectivity index is 2.30. The Kier molecular flexibility index (Phi) is 6.31. The van der Waals surface area contributed by atoms with E-state index in [1.807, 2.05) is 0 Å². The van der Waals surface area contributed by atoms with Crippen molar-refractivity contribution in [2.75, 3.05) is 19.6 Å².